The van der Waals surface area contributed by atoms with Crippen molar-refractivity contribution in [2.24, 2.45) is 5.73 Å². The Balaban J connectivity index is 2.31. The van der Waals surface area contributed by atoms with Crippen LogP contribution in [-0.4, -0.2) is 39.0 Å². The van der Waals surface area contributed by atoms with E-state index < -0.39 is 10.0 Å². The molecular weight excluding hydrogens is 332 g/mol. The maximum Gasteiger partial charge on any atom is 0.243 e. The molecule has 0 spiro atoms. The van der Waals surface area contributed by atoms with Gasteiger partial charge in [-0.15, -0.1) is 0 Å². The molecule has 2 N–H and O–H groups in total. The van der Waals surface area contributed by atoms with Crippen molar-refractivity contribution < 1.29 is 13.2 Å². The lowest BCUT2D eigenvalue weighted by Crippen LogP contribution is -2.45. The van der Waals surface area contributed by atoms with Crippen LogP contribution in [0, 0.1) is 0 Å². The first-order valence-corrected chi connectivity index (χ1v) is 8.27. The van der Waals surface area contributed by atoms with E-state index in [-0.39, 0.29) is 10.9 Å². The van der Waals surface area contributed by atoms with Crippen LogP contribution in [0.1, 0.15) is 12.8 Å². The van der Waals surface area contributed by atoms with Crippen LogP contribution in [0.2, 0.25) is 0 Å². The summed E-state index contributed by atoms with van der Waals surface area (Å²) in [7, 11) is -1.94. The standard InChI is InChI=1S/C12H17BrN2O3S/c1-18-12-5-4-10(7-11(12)13)19(16,17)15-6-2-3-9(14)8-15/h4-5,7,9H,2-3,6,8,14H2,1H3. The lowest BCUT2D eigenvalue weighted by Gasteiger charge is -2.29. The Morgan fingerprint density at radius 2 is 2.21 bits per heavy atom. The van der Waals surface area contributed by atoms with E-state index in [9.17, 15) is 8.42 Å². The van der Waals surface area contributed by atoms with E-state index in [1.807, 2.05) is 0 Å². The average Bonchev–Trinajstić information content (AvgIpc) is 2.38. The summed E-state index contributed by atoms with van der Waals surface area (Å²) in [5.74, 6) is 0.606. The molecule has 19 heavy (non-hydrogen) atoms. The minimum Gasteiger partial charge on any atom is -0.496 e. The number of hydrogen-bond acceptors (Lipinski definition) is 4. The molecule has 1 aromatic carbocycles. The van der Waals surface area contributed by atoms with Crippen LogP contribution in [0.25, 0.3) is 0 Å². The topological polar surface area (TPSA) is 72.6 Å². The van der Waals surface area contributed by atoms with Gasteiger partial charge in [0.25, 0.3) is 0 Å². The van der Waals surface area contributed by atoms with Crippen LogP contribution >= 0.6 is 15.9 Å². The zero-order valence-corrected chi connectivity index (χ0v) is 13.1. The molecule has 1 atom stereocenters. The molecular formula is C12H17BrN2O3S. The number of piperidine rings is 1. The number of sulfonamides is 1. The first-order chi connectivity index (χ1) is 8.95. The lowest BCUT2D eigenvalue weighted by atomic mass is 10.1. The van der Waals surface area contributed by atoms with E-state index in [0.717, 1.165) is 12.8 Å². The summed E-state index contributed by atoms with van der Waals surface area (Å²) in [4.78, 5) is 0.259. The Hall–Kier alpha value is -0.630. The van der Waals surface area contributed by atoms with Crippen LogP contribution in [0.15, 0.2) is 27.6 Å². The van der Waals surface area contributed by atoms with Gasteiger partial charge in [0.15, 0.2) is 0 Å². The van der Waals surface area contributed by atoms with Gasteiger partial charge < -0.3 is 10.5 Å². The van der Waals surface area contributed by atoms with Gasteiger partial charge in [-0.05, 0) is 47.0 Å². The van der Waals surface area contributed by atoms with Gasteiger partial charge in [-0.2, -0.15) is 4.31 Å². The first kappa shape index (κ1) is 14.8. The number of halogens is 1. The summed E-state index contributed by atoms with van der Waals surface area (Å²) in [6, 6.07) is 4.68. The molecule has 1 aliphatic rings. The van der Waals surface area contributed by atoms with E-state index in [4.69, 9.17) is 10.5 Å². The van der Waals surface area contributed by atoms with E-state index in [1.165, 1.54) is 11.4 Å². The number of rotatable bonds is 3. The number of nitrogens with two attached hydrogens (primary N) is 1. The van der Waals surface area contributed by atoms with Gasteiger partial charge >= 0.3 is 0 Å². The number of hydrogen-bond donors (Lipinski definition) is 1. The number of methoxy groups -OCH3 is 1. The van der Waals surface area contributed by atoms with Crippen molar-refractivity contribution in [1.29, 1.82) is 0 Å². The maximum atomic E-state index is 12.5. The van der Waals surface area contributed by atoms with Crippen LogP contribution in [0.3, 0.4) is 0 Å². The minimum atomic E-state index is -3.47. The molecule has 1 unspecified atom stereocenters. The van der Waals surface area contributed by atoms with Gasteiger partial charge in [-0.1, -0.05) is 0 Å². The second-order valence-electron chi connectivity index (χ2n) is 4.56. The molecule has 0 aromatic heterocycles. The molecule has 1 saturated heterocycles. The Bertz CT molecular complexity index is 562. The lowest BCUT2D eigenvalue weighted by molar-refractivity contribution is 0.316. The van der Waals surface area contributed by atoms with Crippen LogP contribution in [0.5, 0.6) is 5.75 Å². The van der Waals surface area contributed by atoms with Gasteiger partial charge in [0.1, 0.15) is 5.75 Å². The van der Waals surface area contributed by atoms with Crippen molar-refractivity contribution >= 4 is 26.0 Å². The van der Waals surface area contributed by atoms with E-state index >= 15 is 0 Å². The van der Waals surface area contributed by atoms with Gasteiger partial charge in [-0.25, -0.2) is 8.42 Å². The summed E-state index contributed by atoms with van der Waals surface area (Å²) in [6.07, 6.45) is 1.68. The average molecular weight is 349 g/mol. The monoisotopic (exact) mass is 348 g/mol. The molecule has 106 valence electrons. The molecule has 0 amide bonds. The molecule has 0 saturated carbocycles. The second kappa shape index (κ2) is 5.78. The molecule has 0 bridgehead atoms. The van der Waals surface area contributed by atoms with Gasteiger partial charge in [0.05, 0.1) is 16.5 Å². The molecule has 0 aliphatic carbocycles. The summed E-state index contributed by atoms with van der Waals surface area (Å²) in [5, 5.41) is 0. The minimum absolute atomic E-state index is 0.0785. The molecule has 0 radical (unpaired) electrons. The number of benzene rings is 1. The Morgan fingerprint density at radius 3 is 2.79 bits per heavy atom. The van der Waals surface area contributed by atoms with E-state index in [1.54, 1.807) is 18.2 Å². The third-order valence-electron chi connectivity index (χ3n) is 3.18. The molecule has 1 aromatic rings. The highest BCUT2D eigenvalue weighted by Gasteiger charge is 2.29. The van der Waals surface area contributed by atoms with Crippen molar-refractivity contribution in [3.8, 4) is 5.75 Å². The van der Waals surface area contributed by atoms with Crippen molar-refractivity contribution in [2.45, 2.75) is 23.8 Å². The highest BCUT2D eigenvalue weighted by atomic mass is 79.9. The van der Waals surface area contributed by atoms with Crippen molar-refractivity contribution in [1.82, 2.24) is 4.31 Å². The van der Waals surface area contributed by atoms with Crippen molar-refractivity contribution in [3.63, 3.8) is 0 Å². The van der Waals surface area contributed by atoms with Crippen molar-refractivity contribution in [2.75, 3.05) is 20.2 Å². The molecule has 5 nitrogen and oxygen atoms in total. The van der Waals surface area contributed by atoms with Gasteiger partial charge in [-0.3, -0.25) is 0 Å². The third-order valence-corrected chi connectivity index (χ3v) is 5.66. The van der Waals surface area contributed by atoms with Crippen LogP contribution < -0.4 is 10.5 Å². The summed E-state index contributed by atoms with van der Waals surface area (Å²) >= 11 is 3.30. The van der Waals surface area contributed by atoms with E-state index in [0.29, 0.717) is 23.3 Å². The normalized spacial score (nSPS) is 21.3. The zero-order valence-electron chi connectivity index (χ0n) is 10.7. The molecule has 1 aliphatic heterocycles. The van der Waals surface area contributed by atoms with Crippen LogP contribution in [-0.2, 0) is 10.0 Å². The number of nitrogens with zero attached hydrogens (tertiary/aromatic N) is 1. The Kier molecular flexibility index (Phi) is 4.50. The Morgan fingerprint density at radius 1 is 1.47 bits per heavy atom. The SMILES string of the molecule is COc1ccc(S(=O)(=O)N2CCCC(N)C2)cc1Br. The second-order valence-corrected chi connectivity index (χ2v) is 7.35. The predicted molar refractivity (Wildman–Crippen MR) is 76.7 cm³/mol. The highest BCUT2D eigenvalue weighted by Crippen LogP contribution is 2.29. The maximum absolute atomic E-state index is 12.5. The first-order valence-electron chi connectivity index (χ1n) is 6.04. The highest BCUT2D eigenvalue weighted by molar-refractivity contribution is 9.10. The summed E-state index contributed by atoms with van der Waals surface area (Å²) < 4.78 is 32.2. The summed E-state index contributed by atoms with van der Waals surface area (Å²) in [5.41, 5.74) is 5.84. The summed E-state index contributed by atoms with van der Waals surface area (Å²) in [6.45, 7) is 0.908. The molecule has 2 rings (SSSR count). The van der Waals surface area contributed by atoms with Gasteiger partial charge in [0, 0.05) is 19.1 Å². The molecule has 1 fully saturated rings. The zero-order chi connectivity index (χ0) is 14.0. The fourth-order valence-electron chi connectivity index (χ4n) is 2.15. The predicted octanol–water partition coefficient (Wildman–Crippen LogP) is 1.57. The fourth-order valence-corrected chi connectivity index (χ4v) is 4.40. The number of ether oxygens (including phenoxy) is 1. The fraction of sp³-hybridized carbons (Fsp3) is 0.500. The quantitative estimate of drug-likeness (QED) is 0.899. The largest absolute Gasteiger partial charge is 0.496 e. The van der Waals surface area contributed by atoms with E-state index in [2.05, 4.69) is 15.9 Å². The van der Waals surface area contributed by atoms with Gasteiger partial charge in [0.2, 0.25) is 10.0 Å². The van der Waals surface area contributed by atoms with Crippen molar-refractivity contribution in [3.05, 3.63) is 22.7 Å². The smallest absolute Gasteiger partial charge is 0.243 e. The Labute approximate surface area is 121 Å². The third kappa shape index (κ3) is 3.10. The van der Waals surface area contributed by atoms with Crippen LogP contribution in [0.4, 0.5) is 0 Å². The molecule has 1 heterocycles. The molecule has 7 heteroatoms.